The topological polar surface area (TPSA) is 66.0 Å². The van der Waals surface area contributed by atoms with Gasteiger partial charge in [-0.1, -0.05) is 18.2 Å². The van der Waals surface area contributed by atoms with Gasteiger partial charge in [-0.25, -0.2) is 0 Å². The van der Waals surface area contributed by atoms with Crippen molar-refractivity contribution in [2.24, 2.45) is 0 Å². The Labute approximate surface area is 191 Å². The molecule has 1 saturated heterocycles. The van der Waals surface area contributed by atoms with Crippen molar-refractivity contribution in [1.29, 1.82) is 0 Å². The van der Waals surface area contributed by atoms with Crippen LogP contribution in [0.2, 0.25) is 0 Å². The van der Waals surface area contributed by atoms with Crippen LogP contribution in [-0.4, -0.2) is 32.5 Å². The highest BCUT2D eigenvalue weighted by molar-refractivity contribution is 7.09. The number of carbonyl (C=O) groups is 1. The van der Waals surface area contributed by atoms with E-state index in [2.05, 4.69) is 11.4 Å². The summed E-state index contributed by atoms with van der Waals surface area (Å²) in [4.78, 5) is 14.1. The summed E-state index contributed by atoms with van der Waals surface area (Å²) in [6.07, 6.45) is 1.66. The molecule has 1 fully saturated rings. The van der Waals surface area contributed by atoms with Gasteiger partial charge in [0.25, 0.3) is 5.91 Å². The molecule has 0 saturated carbocycles. The first-order chi connectivity index (χ1) is 15.7. The van der Waals surface area contributed by atoms with E-state index in [0.717, 1.165) is 34.8 Å². The average molecular weight is 452 g/mol. The number of hydrogen-bond acceptors (Lipinski definition) is 6. The number of thiophene rings is 1. The van der Waals surface area contributed by atoms with Crippen LogP contribution in [0.1, 0.15) is 33.6 Å². The van der Waals surface area contributed by atoms with E-state index in [4.69, 9.17) is 18.9 Å². The number of amides is 1. The average Bonchev–Trinajstić information content (AvgIpc) is 3.53. The maximum absolute atomic E-state index is 13.0. The summed E-state index contributed by atoms with van der Waals surface area (Å²) in [6, 6.07) is 17.4. The Kier molecular flexibility index (Phi) is 6.01. The molecule has 0 unspecified atom stereocenters. The van der Waals surface area contributed by atoms with Crippen LogP contribution in [0.5, 0.6) is 17.2 Å². The molecule has 2 aromatic carbocycles. The summed E-state index contributed by atoms with van der Waals surface area (Å²) >= 11 is 1.65. The molecule has 6 nitrogen and oxygen atoms in total. The lowest BCUT2D eigenvalue weighted by Crippen LogP contribution is -2.44. The van der Waals surface area contributed by atoms with E-state index in [0.29, 0.717) is 37.7 Å². The van der Waals surface area contributed by atoms with Crippen molar-refractivity contribution in [3.8, 4) is 17.2 Å². The Balaban J connectivity index is 1.28. The zero-order valence-corrected chi connectivity index (χ0v) is 18.5. The molecular weight excluding hydrogens is 426 g/mol. The second-order valence-electron chi connectivity index (χ2n) is 8.04. The van der Waals surface area contributed by atoms with E-state index in [1.165, 1.54) is 0 Å². The Morgan fingerprint density at radius 2 is 1.91 bits per heavy atom. The second-order valence-corrected chi connectivity index (χ2v) is 9.07. The normalized spacial score (nSPS) is 16.5. The van der Waals surface area contributed by atoms with Crippen molar-refractivity contribution < 1.29 is 23.7 Å². The van der Waals surface area contributed by atoms with E-state index in [1.54, 1.807) is 17.4 Å². The van der Waals surface area contributed by atoms with Crippen LogP contribution in [0.25, 0.3) is 0 Å². The number of rotatable bonds is 7. The van der Waals surface area contributed by atoms with E-state index in [9.17, 15) is 4.79 Å². The number of ether oxygens (including phenoxy) is 4. The molecule has 2 aliphatic heterocycles. The molecule has 2 aliphatic rings. The quantitative estimate of drug-likeness (QED) is 0.572. The van der Waals surface area contributed by atoms with Crippen LogP contribution in [0.15, 0.2) is 60.0 Å². The molecule has 3 heterocycles. The van der Waals surface area contributed by atoms with Gasteiger partial charge < -0.3 is 24.3 Å². The third-order valence-electron chi connectivity index (χ3n) is 6.08. The Bertz CT molecular complexity index is 1080. The van der Waals surface area contributed by atoms with Gasteiger partial charge in [-0.2, -0.15) is 0 Å². The predicted molar refractivity (Wildman–Crippen MR) is 122 cm³/mol. The zero-order valence-electron chi connectivity index (χ0n) is 17.7. The zero-order chi connectivity index (χ0) is 21.8. The lowest BCUT2D eigenvalue weighted by molar-refractivity contribution is 0.0486. The minimum Gasteiger partial charge on any atom is -0.488 e. The van der Waals surface area contributed by atoms with Gasteiger partial charge in [0, 0.05) is 35.6 Å². The fraction of sp³-hybridized carbons (Fsp3) is 0.320. The highest BCUT2D eigenvalue weighted by Crippen LogP contribution is 2.40. The van der Waals surface area contributed by atoms with E-state index in [1.807, 2.05) is 47.8 Å². The molecule has 7 heteroatoms. The summed E-state index contributed by atoms with van der Waals surface area (Å²) in [7, 11) is 0. The van der Waals surface area contributed by atoms with Gasteiger partial charge in [-0.15, -0.1) is 11.3 Å². The molecule has 1 N–H and O–H groups in total. The molecule has 32 heavy (non-hydrogen) atoms. The molecule has 3 aromatic rings. The standard InChI is InChI=1S/C25H25NO5S/c27-24(18-3-1-4-20(13-18)29-15-21-5-2-12-32-21)26-16-25(8-10-28-11-9-25)19-6-7-22-23(14-19)31-17-30-22/h1-7,12-14H,8-11,15-17H2,(H,26,27). The molecular formula is C25H25NO5S. The van der Waals surface area contributed by atoms with E-state index in [-0.39, 0.29) is 18.1 Å². The summed E-state index contributed by atoms with van der Waals surface area (Å²) in [5.41, 5.74) is 1.52. The van der Waals surface area contributed by atoms with Crippen molar-refractivity contribution in [3.63, 3.8) is 0 Å². The Morgan fingerprint density at radius 3 is 2.75 bits per heavy atom. The van der Waals surface area contributed by atoms with Crippen LogP contribution in [0.3, 0.4) is 0 Å². The molecule has 0 atom stereocenters. The fourth-order valence-corrected chi connectivity index (χ4v) is 4.80. The van der Waals surface area contributed by atoms with Crippen molar-refractivity contribution in [2.75, 3.05) is 26.6 Å². The minimum absolute atomic E-state index is 0.113. The maximum Gasteiger partial charge on any atom is 0.251 e. The van der Waals surface area contributed by atoms with Crippen LogP contribution >= 0.6 is 11.3 Å². The van der Waals surface area contributed by atoms with Crippen molar-refractivity contribution >= 4 is 17.2 Å². The number of nitrogens with one attached hydrogen (secondary N) is 1. The van der Waals surface area contributed by atoms with Crippen LogP contribution in [0.4, 0.5) is 0 Å². The maximum atomic E-state index is 13.0. The van der Waals surface area contributed by atoms with Crippen molar-refractivity contribution in [1.82, 2.24) is 5.32 Å². The third kappa shape index (κ3) is 4.45. The molecule has 0 bridgehead atoms. The number of carbonyl (C=O) groups excluding carboxylic acids is 1. The number of fused-ring (bicyclic) bond motifs is 1. The first-order valence-corrected chi connectivity index (χ1v) is 11.6. The summed E-state index contributed by atoms with van der Waals surface area (Å²) in [6.45, 7) is 2.59. The third-order valence-corrected chi connectivity index (χ3v) is 6.93. The first kappa shape index (κ1) is 20.8. The molecule has 0 aliphatic carbocycles. The number of hydrogen-bond donors (Lipinski definition) is 1. The highest BCUT2D eigenvalue weighted by Gasteiger charge is 2.36. The SMILES string of the molecule is O=C(NCC1(c2ccc3c(c2)OCO3)CCOCC1)c1cccc(OCc2cccs2)c1. The van der Waals surface area contributed by atoms with Crippen molar-refractivity contribution in [2.45, 2.75) is 24.9 Å². The van der Waals surface area contributed by atoms with Gasteiger partial charge in [-0.05, 0) is 60.2 Å². The van der Waals surface area contributed by atoms with Crippen LogP contribution < -0.4 is 19.5 Å². The fourth-order valence-electron chi connectivity index (χ4n) is 4.18. The summed E-state index contributed by atoms with van der Waals surface area (Å²) in [5.74, 6) is 2.09. The largest absolute Gasteiger partial charge is 0.488 e. The molecule has 5 rings (SSSR count). The van der Waals surface area contributed by atoms with Gasteiger partial charge in [0.15, 0.2) is 11.5 Å². The lowest BCUT2D eigenvalue weighted by Gasteiger charge is -2.38. The Hall–Kier alpha value is -3.03. The predicted octanol–water partition coefficient (Wildman–Crippen LogP) is 4.53. The molecule has 0 radical (unpaired) electrons. The lowest BCUT2D eigenvalue weighted by atomic mass is 9.74. The van der Waals surface area contributed by atoms with Crippen molar-refractivity contribution in [3.05, 3.63) is 76.0 Å². The highest BCUT2D eigenvalue weighted by atomic mass is 32.1. The summed E-state index contributed by atoms with van der Waals surface area (Å²) < 4.78 is 22.5. The first-order valence-electron chi connectivity index (χ1n) is 10.7. The molecule has 1 aromatic heterocycles. The smallest absolute Gasteiger partial charge is 0.251 e. The molecule has 166 valence electrons. The van der Waals surface area contributed by atoms with Crippen LogP contribution in [0, 0.1) is 0 Å². The molecule has 0 spiro atoms. The summed E-state index contributed by atoms with van der Waals surface area (Å²) in [5, 5.41) is 5.18. The van der Waals surface area contributed by atoms with Gasteiger partial charge in [0.05, 0.1) is 0 Å². The monoisotopic (exact) mass is 451 g/mol. The second kappa shape index (κ2) is 9.22. The molecule has 1 amide bonds. The number of benzene rings is 2. The van der Waals surface area contributed by atoms with Gasteiger partial charge >= 0.3 is 0 Å². The van der Waals surface area contributed by atoms with Gasteiger partial charge in [0.2, 0.25) is 6.79 Å². The van der Waals surface area contributed by atoms with Gasteiger partial charge in [0.1, 0.15) is 12.4 Å². The minimum atomic E-state index is -0.206. The van der Waals surface area contributed by atoms with E-state index < -0.39 is 0 Å². The van der Waals surface area contributed by atoms with Crippen LogP contribution in [-0.2, 0) is 16.8 Å². The van der Waals surface area contributed by atoms with E-state index >= 15 is 0 Å². The Morgan fingerprint density at radius 1 is 1.03 bits per heavy atom. The van der Waals surface area contributed by atoms with Gasteiger partial charge in [-0.3, -0.25) is 4.79 Å².